The van der Waals surface area contributed by atoms with E-state index in [2.05, 4.69) is 5.32 Å². The summed E-state index contributed by atoms with van der Waals surface area (Å²) in [6.07, 6.45) is -3.36. The van der Waals surface area contributed by atoms with Crippen LogP contribution < -0.4 is 5.32 Å². The van der Waals surface area contributed by atoms with Crippen LogP contribution in [0.25, 0.3) is 0 Å². The smallest absolute Gasteiger partial charge is 0.217 e. The summed E-state index contributed by atoms with van der Waals surface area (Å²) in [5.74, 6) is -0.355. The average Bonchev–Trinajstić information content (AvgIpc) is 2.65. The predicted molar refractivity (Wildman–Crippen MR) is 50.3 cm³/mol. The molecule has 2 saturated heterocycles. The van der Waals surface area contributed by atoms with Crippen LogP contribution in [-0.4, -0.2) is 64.6 Å². The van der Waals surface area contributed by atoms with Crippen molar-refractivity contribution in [1.82, 2.24) is 5.32 Å². The maximum Gasteiger partial charge on any atom is 0.217 e. The van der Waals surface area contributed by atoms with E-state index in [0.29, 0.717) is 0 Å². The van der Waals surface area contributed by atoms with Gasteiger partial charge in [0.25, 0.3) is 0 Å². The van der Waals surface area contributed by atoms with E-state index in [9.17, 15) is 15.0 Å². The van der Waals surface area contributed by atoms with Gasteiger partial charge in [-0.05, 0) is 0 Å². The Balaban J connectivity index is 2.19. The predicted octanol–water partition coefficient (Wildman–Crippen LogP) is -2.67. The van der Waals surface area contributed by atoms with Gasteiger partial charge in [-0.15, -0.1) is 0 Å². The molecule has 1 amide bonds. The van der Waals surface area contributed by atoms with Gasteiger partial charge in [0.2, 0.25) is 5.91 Å². The zero-order valence-electron chi connectivity index (χ0n) is 8.79. The normalized spacial score (nSPS) is 46.8. The Labute approximate surface area is 92.0 Å². The first-order chi connectivity index (χ1) is 7.50. The molecule has 2 aliphatic rings. The molecule has 7 heteroatoms. The van der Waals surface area contributed by atoms with E-state index < -0.39 is 36.7 Å². The van der Waals surface area contributed by atoms with Crippen LogP contribution in [-0.2, 0) is 14.3 Å². The molecule has 92 valence electrons. The van der Waals surface area contributed by atoms with Gasteiger partial charge >= 0.3 is 0 Å². The highest BCUT2D eigenvalue weighted by Gasteiger charge is 2.59. The van der Waals surface area contributed by atoms with Crippen molar-refractivity contribution in [2.24, 2.45) is 0 Å². The van der Waals surface area contributed by atoms with Crippen molar-refractivity contribution in [1.29, 1.82) is 0 Å². The summed E-state index contributed by atoms with van der Waals surface area (Å²) in [5, 5.41) is 31.3. The van der Waals surface area contributed by atoms with E-state index in [0.717, 1.165) is 0 Å². The van der Waals surface area contributed by atoms with E-state index in [1.807, 2.05) is 0 Å². The molecule has 16 heavy (non-hydrogen) atoms. The summed E-state index contributed by atoms with van der Waals surface area (Å²) in [5.41, 5.74) is -1.28. The van der Waals surface area contributed by atoms with Crippen molar-refractivity contribution >= 4 is 5.91 Å². The highest BCUT2D eigenvalue weighted by Crippen LogP contribution is 2.36. The third-order valence-corrected chi connectivity index (χ3v) is 3.00. The number of rotatable bonds is 2. The standard InChI is InChI=1S/C9H15NO6/c1-4(12)10-5-6(13)7(14)9(2-11)3-15-8(5)16-9/h5-8,11,13-14H,2-3H2,1H3,(H,10,12)/t5-,6-,7-,8-,9+/m1/s1. The largest absolute Gasteiger partial charge is 0.393 e. The van der Waals surface area contributed by atoms with E-state index in [1.165, 1.54) is 6.92 Å². The zero-order chi connectivity index (χ0) is 11.9. The summed E-state index contributed by atoms with van der Waals surface area (Å²) >= 11 is 0. The van der Waals surface area contributed by atoms with E-state index in [4.69, 9.17) is 14.6 Å². The minimum atomic E-state index is -1.30. The number of ether oxygens (including phenoxy) is 2. The number of hydrogen-bond donors (Lipinski definition) is 4. The fraction of sp³-hybridized carbons (Fsp3) is 0.889. The first-order valence-corrected chi connectivity index (χ1v) is 5.04. The van der Waals surface area contributed by atoms with Gasteiger partial charge in [0.05, 0.1) is 13.2 Å². The molecule has 0 aliphatic carbocycles. The molecule has 0 radical (unpaired) electrons. The lowest BCUT2D eigenvalue weighted by Gasteiger charge is -2.41. The first-order valence-electron chi connectivity index (χ1n) is 5.04. The van der Waals surface area contributed by atoms with Gasteiger partial charge in [0.15, 0.2) is 6.29 Å². The van der Waals surface area contributed by atoms with Crippen LogP contribution in [0.5, 0.6) is 0 Å². The lowest BCUT2D eigenvalue weighted by Crippen LogP contribution is -2.66. The molecule has 5 atom stereocenters. The van der Waals surface area contributed by atoms with Gasteiger partial charge in [0, 0.05) is 6.92 Å². The summed E-state index contributed by atoms with van der Waals surface area (Å²) in [7, 11) is 0. The number of carbonyl (C=O) groups is 1. The number of carbonyl (C=O) groups excluding carboxylic acids is 1. The Morgan fingerprint density at radius 1 is 1.56 bits per heavy atom. The zero-order valence-corrected chi connectivity index (χ0v) is 8.79. The Hall–Kier alpha value is -0.730. The molecule has 0 aromatic carbocycles. The van der Waals surface area contributed by atoms with Crippen molar-refractivity contribution in [2.75, 3.05) is 13.2 Å². The molecule has 2 fully saturated rings. The quantitative estimate of drug-likeness (QED) is 0.414. The molecule has 0 aromatic rings. The topological polar surface area (TPSA) is 108 Å². The highest BCUT2D eigenvalue weighted by molar-refractivity contribution is 5.73. The number of aliphatic hydroxyl groups excluding tert-OH is 3. The molecule has 0 spiro atoms. The van der Waals surface area contributed by atoms with E-state index >= 15 is 0 Å². The second kappa shape index (κ2) is 3.94. The summed E-state index contributed by atoms with van der Waals surface area (Å²) in [6.45, 7) is 0.832. The second-order valence-electron chi connectivity index (χ2n) is 4.18. The van der Waals surface area contributed by atoms with Crippen LogP contribution in [0.3, 0.4) is 0 Å². The van der Waals surface area contributed by atoms with Gasteiger partial charge < -0.3 is 30.1 Å². The molecular formula is C9H15NO6. The molecule has 2 rings (SSSR count). The monoisotopic (exact) mass is 233 g/mol. The van der Waals surface area contributed by atoms with Gasteiger partial charge in [-0.25, -0.2) is 0 Å². The van der Waals surface area contributed by atoms with Gasteiger partial charge in [0.1, 0.15) is 23.9 Å². The molecule has 2 heterocycles. The number of amides is 1. The van der Waals surface area contributed by atoms with Crippen molar-refractivity contribution in [2.45, 2.75) is 37.1 Å². The van der Waals surface area contributed by atoms with Crippen LogP contribution >= 0.6 is 0 Å². The molecule has 2 bridgehead atoms. The summed E-state index contributed by atoms with van der Waals surface area (Å²) in [6, 6.07) is -0.824. The Morgan fingerprint density at radius 2 is 2.25 bits per heavy atom. The average molecular weight is 233 g/mol. The minimum Gasteiger partial charge on any atom is -0.393 e. The molecular weight excluding hydrogens is 218 g/mol. The highest BCUT2D eigenvalue weighted by atomic mass is 16.7. The van der Waals surface area contributed by atoms with Crippen molar-refractivity contribution in [3.05, 3.63) is 0 Å². The van der Waals surface area contributed by atoms with E-state index in [-0.39, 0.29) is 12.5 Å². The fourth-order valence-electron chi connectivity index (χ4n) is 2.09. The second-order valence-corrected chi connectivity index (χ2v) is 4.18. The Kier molecular flexibility index (Phi) is 2.89. The lowest BCUT2D eigenvalue weighted by molar-refractivity contribution is -0.233. The summed E-state index contributed by atoms with van der Waals surface area (Å²) in [4.78, 5) is 10.9. The number of fused-ring (bicyclic) bond motifs is 2. The van der Waals surface area contributed by atoms with Crippen LogP contribution in [0.2, 0.25) is 0 Å². The summed E-state index contributed by atoms with van der Waals surface area (Å²) < 4.78 is 10.5. The first kappa shape index (κ1) is 11.7. The molecule has 0 saturated carbocycles. The fourth-order valence-corrected chi connectivity index (χ4v) is 2.09. The molecule has 4 N–H and O–H groups in total. The Bertz CT molecular complexity index is 298. The van der Waals surface area contributed by atoms with Crippen molar-refractivity contribution < 1.29 is 29.6 Å². The third kappa shape index (κ3) is 1.61. The molecule has 0 unspecified atom stereocenters. The van der Waals surface area contributed by atoms with Crippen LogP contribution in [0, 0.1) is 0 Å². The van der Waals surface area contributed by atoms with Crippen LogP contribution in [0.15, 0.2) is 0 Å². The Morgan fingerprint density at radius 3 is 2.81 bits per heavy atom. The number of aliphatic hydroxyl groups is 3. The molecule has 0 aromatic heterocycles. The number of hydrogen-bond acceptors (Lipinski definition) is 6. The number of nitrogens with one attached hydrogen (secondary N) is 1. The van der Waals surface area contributed by atoms with Crippen LogP contribution in [0.1, 0.15) is 6.92 Å². The van der Waals surface area contributed by atoms with Gasteiger partial charge in [-0.3, -0.25) is 4.79 Å². The van der Waals surface area contributed by atoms with Crippen LogP contribution in [0.4, 0.5) is 0 Å². The SMILES string of the molecule is CC(=O)N[C@H]1[C@@H]2OC[C@](CO)(O2)[C@H](O)[C@@H]1O. The lowest BCUT2D eigenvalue weighted by atomic mass is 9.88. The van der Waals surface area contributed by atoms with Gasteiger partial charge in [-0.2, -0.15) is 0 Å². The van der Waals surface area contributed by atoms with Gasteiger partial charge in [-0.1, -0.05) is 0 Å². The van der Waals surface area contributed by atoms with Crippen molar-refractivity contribution in [3.8, 4) is 0 Å². The maximum atomic E-state index is 10.9. The van der Waals surface area contributed by atoms with E-state index in [1.54, 1.807) is 0 Å². The molecule has 2 aliphatic heterocycles. The maximum absolute atomic E-state index is 10.9. The minimum absolute atomic E-state index is 0.0114. The molecule has 7 nitrogen and oxygen atoms in total. The third-order valence-electron chi connectivity index (χ3n) is 3.00. The van der Waals surface area contributed by atoms with Crippen molar-refractivity contribution in [3.63, 3.8) is 0 Å².